The van der Waals surface area contributed by atoms with Crippen molar-refractivity contribution in [3.63, 3.8) is 0 Å². The van der Waals surface area contributed by atoms with Crippen LogP contribution in [0.3, 0.4) is 0 Å². The van der Waals surface area contributed by atoms with Gasteiger partial charge in [-0.1, -0.05) is 0 Å². The Morgan fingerprint density at radius 3 is 2.53 bits per heavy atom. The number of carbonyl (C=O) groups excluding carboxylic acids is 1. The van der Waals surface area contributed by atoms with Crippen molar-refractivity contribution < 1.29 is 14.3 Å². The summed E-state index contributed by atoms with van der Waals surface area (Å²) in [6, 6.07) is 11.5. The van der Waals surface area contributed by atoms with Crippen LogP contribution < -0.4 is 14.4 Å². The summed E-state index contributed by atoms with van der Waals surface area (Å²) in [5.74, 6) is 2.29. The molecule has 0 bridgehead atoms. The highest BCUT2D eigenvalue weighted by atomic mass is 16.5. The number of aromatic nitrogens is 4. The van der Waals surface area contributed by atoms with Crippen molar-refractivity contribution in [2.24, 2.45) is 0 Å². The van der Waals surface area contributed by atoms with Crippen LogP contribution in [0.25, 0.3) is 5.82 Å². The van der Waals surface area contributed by atoms with Gasteiger partial charge in [0.1, 0.15) is 11.6 Å². The van der Waals surface area contributed by atoms with Gasteiger partial charge < -0.3 is 19.3 Å². The number of aryl methyl sites for hydroxylation is 1. The molecule has 9 heteroatoms. The number of carbonyl (C=O) groups is 1. The van der Waals surface area contributed by atoms with Gasteiger partial charge in [-0.25, -0.2) is 9.67 Å². The maximum absolute atomic E-state index is 12.6. The molecule has 0 saturated carbocycles. The van der Waals surface area contributed by atoms with Crippen molar-refractivity contribution in [1.82, 2.24) is 24.6 Å². The van der Waals surface area contributed by atoms with Gasteiger partial charge in [0.25, 0.3) is 5.91 Å². The molecule has 0 N–H and O–H groups in total. The quantitative estimate of drug-likeness (QED) is 0.614. The number of ether oxygens (including phenoxy) is 2. The summed E-state index contributed by atoms with van der Waals surface area (Å²) in [7, 11) is 1.66. The van der Waals surface area contributed by atoms with E-state index < -0.39 is 0 Å². The Morgan fingerprint density at radius 2 is 1.87 bits per heavy atom. The molecule has 0 radical (unpaired) electrons. The topological polar surface area (TPSA) is 85.6 Å². The van der Waals surface area contributed by atoms with E-state index >= 15 is 0 Å². The van der Waals surface area contributed by atoms with Crippen molar-refractivity contribution in [2.75, 3.05) is 44.8 Å². The Bertz CT molecular complexity index is 982. The Labute approximate surface area is 174 Å². The molecule has 1 aromatic carbocycles. The summed E-state index contributed by atoms with van der Waals surface area (Å²) in [6.07, 6.45) is 3.46. The maximum atomic E-state index is 12.6. The number of anilines is 1. The third kappa shape index (κ3) is 4.51. The first kappa shape index (κ1) is 19.7. The third-order valence-corrected chi connectivity index (χ3v) is 4.95. The first-order valence-electron chi connectivity index (χ1n) is 9.77. The molecule has 1 amide bonds. The van der Waals surface area contributed by atoms with Crippen molar-refractivity contribution in [3.8, 4) is 17.4 Å². The highest BCUT2D eigenvalue weighted by Crippen LogP contribution is 2.20. The van der Waals surface area contributed by atoms with Gasteiger partial charge >= 0.3 is 0 Å². The van der Waals surface area contributed by atoms with Gasteiger partial charge in [-0.05, 0) is 37.3 Å². The Balaban J connectivity index is 1.31. The molecule has 156 valence electrons. The average molecular weight is 408 g/mol. The summed E-state index contributed by atoms with van der Waals surface area (Å²) < 4.78 is 12.5. The molecule has 3 aromatic rings. The van der Waals surface area contributed by atoms with Crippen LogP contribution in [0.1, 0.15) is 5.82 Å². The fourth-order valence-corrected chi connectivity index (χ4v) is 3.35. The SMILES string of the molecule is COc1ccc(N2CCN(C(=O)COc3cc(-n4cccn4)nc(C)n3)CC2)cc1. The van der Waals surface area contributed by atoms with Crippen LogP contribution in [0.2, 0.25) is 0 Å². The van der Waals surface area contributed by atoms with E-state index in [1.54, 1.807) is 37.2 Å². The molecular weight excluding hydrogens is 384 g/mol. The molecule has 1 saturated heterocycles. The van der Waals surface area contributed by atoms with Crippen molar-refractivity contribution in [1.29, 1.82) is 0 Å². The zero-order valence-corrected chi connectivity index (χ0v) is 17.1. The van der Waals surface area contributed by atoms with Crippen LogP contribution in [-0.2, 0) is 4.79 Å². The van der Waals surface area contributed by atoms with Gasteiger partial charge in [-0.3, -0.25) is 4.79 Å². The maximum Gasteiger partial charge on any atom is 0.260 e. The van der Waals surface area contributed by atoms with Crippen LogP contribution >= 0.6 is 0 Å². The van der Waals surface area contributed by atoms with Gasteiger partial charge in [-0.15, -0.1) is 0 Å². The van der Waals surface area contributed by atoms with Crippen LogP contribution in [0.4, 0.5) is 5.69 Å². The van der Waals surface area contributed by atoms with Crippen LogP contribution in [-0.4, -0.2) is 70.5 Å². The number of piperazine rings is 1. The molecule has 4 rings (SSSR count). The predicted molar refractivity (Wildman–Crippen MR) is 111 cm³/mol. The second kappa shape index (κ2) is 8.81. The van der Waals surface area contributed by atoms with E-state index in [1.165, 1.54) is 0 Å². The summed E-state index contributed by atoms with van der Waals surface area (Å²) >= 11 is 0. The van der Waals surface area contributed by atoms with E-state index in [9.17, 15) is 4.79 Å². The molecular formula is C21H24N6O3. The number of benzene rings is 1. The van der Waals surface area contributed by atoms with Crippen LogP contribution in [0.5, 0.6) is 11.6 Å². The largest absolute Gasteiger partial charge is 0.497 e. The minimum Gasteiger partial charge on any atom is -0.497 e. The van der Waals surface area contributed by atoms with Gasteiger partial charge in [0.2, 0.25) is 5.88 Å². The third-order valence-electron chi connectivity index (χ3n) is 4.95. The molecule has 0 atom stereocenters. The summed E-state index contributed by atoms with van der Waals surface area (Å²) in [4.78, 5) is 25.3. The number of hydrogen-bond donors (Lipinski definition) is 0. The number of nitrogens with zero attached hydrogens (tertiary/aromatic N) is 6. The second-order valence-corrected chi connectivity index (χ2v) is 6.92. The minimum absolute atomic E-state index is 0.0544. The number of amides is 1. The normalized spacial score (nSPS) is 13.9. The lowest BCUT2D eigenvalue weighted by Gasteiger charge is -2.36. The van der Waals surface area contributed by atoms with Gasteiger partial charge in [0.05, 0.1) is 7.11 Å². The molecule has 0 spiro atoms. The first-order chi connectivity index (χ1) is 14.6. The Kier molecular flexibility index (Phi) is 5.78. The second-order valence-electron chi connectivity index (χ2n) is 6.92. The Hall–Kier alpha value is -3.62. The summed E-state index contributed by atoms with van der Waals surface area (Å²) in [5, 5.41) is 4.16. The predicted octanol–water partition coefficient (Wildman–Crippen LogP) is 1.71. The van der Waals surface area contributed by atoms with Gasteiger partial charge in [-0.2, -0.15) is 10.1 Å². The summed E-state index contributed by atoms with van der Waals surface area (Å²) in [6.45, 7) is 4.56. The highest BCUT2D eigenvalue weighted by Gasteiger charge is 2.22. The monoisotopic (exact) mass is 408 g/mol. The van der Waals surface area contributed by atoms with E-state index in [0.717, 1.165) is 24.5 Å². The molecule has 2 aromatic heterocycles. The standard InChI is InChI=1S/C21H24N6O3/c1-16-23-19(27-9-3-8-22-27)14-20(24-16)30-15-21(28)26-12-10-25(11-13-26)17-4-6-18(29-2)7-5-17/h3-9,14H,10-13,15H2,1-2H3. The molecule has 1 fully saturated rings. The molecule has 30 heavy (non-hydrogen) atoms. The van der Waals surface area contributed by atoms with Crippen molar-refractivity contribution in [3.05, 3.63) is 54.6 Å². The number of rotatable bonds is 6. The molecule has 1 aliphatic heterocycles. The lowest BCUT2D eigenvalue weighted by Crippen LogP contribution is -2.50. The zero-order valence-electron chi connectivity index (χ0n) is 17.1. The van der Waals surface area contributed by atoms with E-state index in [2.05, 4.69) is 20.0 Å². The average Bonchev–Trinajstić information content (AvgIpc) is 3.32. The fraction of sp³-hybridized carbons (Fsp3) is 0.333. The van der Waals surface area contributed by atoms with Crippen LogP contribution in [0, 0.1) is 6.92 Å². The number of methoxy groups -OCH3 is 1. The lowest BCUT2D eigenvalue weighted by molar-refractivity contribution is -0.133. The minimum atomic E-state index is -0.0580. The molecule has 1 aliphatic rings. The van der Waals surface area contributed by atoms with Gasteiger partial charge in [0, 0.05) is 50.3 Å². The van der Waals surface area contributed by atoms with E-state index in [1.807, 2.05) is 35.2 Å². The van der Waals surface area contributed by atoms with Crippen LogP contribution in [0.15, 0.2) is 48.8 Å². The molecule has 9 nitrogen and oxygen atoms in total. The zero-order chi connectivity index (χ0) is 20.9. The summed E-state index contributed by atoms with van der Waals surface area (Å²) in [5.41, 5.74) is 1.13. The molecule has 0 aliphatic carbocycles. The molecule has 0 unspecified atom stereocenters. The number of hydrogen-bond acceptors (Lipinski definition) is 7. The Morgan fingerprint density at radius 1 is 1.10 bits per heavy atom. The van der Waals surface area contributed by atoms with E-state index in [4.69, 9.17) is 9.47 Å². The highest BCUT2D eigenvalue weighted by molar-refractivity contribution is 5.78. The van der Waals surface area contributed by atoms with Crippen molar-refractivity contribution >= 4 is 11.6 Å². The smallest absolute Gasteiger partial charge is 0.260 e. The van der Waals surface area contributed by atoms with Crippen molar-refractivity contribution in [2.45, 2.75) is 6.92 Å². The lowest BCUT2D eigenvalue weighted by atomic mass is 10.2. The van der Waals surface area contributed by atoms with Gasteiger partial charge in [0.15, 0.2) is 12.4 Å². The first-order valence-corrected chi connectivity index (χ1v) is 9.77. The van der Waals surface area contributed by atoms with E-state index in [-0.39, 0.29) is 12.5 Å². The van der Waals surface area contributed by atoms with E-state index in [0.29, 0.717) is 30.6 Å². The fourth-order valence-electron chi connectivity index (χ4n) is 3.35. The molecule has 3 heterocycles.